The average molecular weight is 391 g/mol. The second kappa shape index (κ2) is 5.74. The van der Waals surface area contributed by atoms with E-state index in [9.17, 15) is 18.5 Å². The van der Waals surface area contributed by atoms with Gasteiger partial charge < -0.3 is 0 Å². The molecule has 0 saturated heterocycles. The molecular formula is C12H11BrN2O4S2. The Kier molecular flexibility index (Phi) is 4.35. The molecular weight excluding hydrogens is 380 g/mol. The van der Waals surface area contributed by atoms with E-state index in [1.54, 1.807) is 19.9 Å². The van der Waals surface area contributed by atoms with Gasteiger partial charge in [-0.05, 0) is 53.0 Å². The highest BCUT2D eigenvalue weighted by Gasteiger charge is 2.23. The minimum Gasteiger partial charge on any atom is -0.272 e. The summed E-state index contributed by atoms with van der Waals surface area (Å²) in [5, 5.41) is 11.0. The molecule has 0 radical (unpaired) electrons. The topological polar surface area (TPSA) is 89.3 Å². The molecule has 1 aromatic heterocycles. The van der Waals surface area contributed by atoms with Crippen molar-refractivity contribution in [2.24, 2.45) is 0 Å². The Morgan fingerprint density at radius 1 is 1.29 bits per heavy atom. The SMILES string of the molecule is Cc1ccc([N+](=O)[O-])c(NS(=O)(=O)c2cc(C)c(Br)s2)c1. The van der Waals surface area contributed by atoms with Crippen molar-refractivity contribution in [1.29, 1.82) is 0 Å². The summed E-state index contributed by atoms with van der Waals surface area (Å²) in [5.41, 5.74) is 1.19. The van der Waals surface area contributed by atoms with Gasteiger partial charge >= 0.3 is 0 Å². The lowest BCUT2D eigenvalue weighted by molar-refractivity contribution is -0.383. The van der Waals surface area contributed by atoms with Crippen molar-refractivity contribution in [3.05, 3.63) is 49.3 Å². The third-order valence-corrected chi connectivity index (χ3v) is 6.67. The van der Waals surface area contributed by atoms with E-state index in [0.717, 1.165) is 22.5 Å². The number of nitrogens with one attached hydrogen (secondary N) is 1. The predicted molar refractivity (Wildman–Crippen MR) is 85.4 cm³/mol. The molecule has 6 nitrogen and oxygen atoms in total. The molecule has 2 rings (SSSR count). The highest BCUT2D eigenvalue weighted by atomic mass is 79.9. The molecule has 2 aromatic rings. The normalized spacial score (nSPS) is 11.4. The molecule has 0 saturated carbocycles. The second-order valence-electron chi connectivity index (χ2n) is 4.41. The fourth-order valence-electron chi connectivity index (χ4n) is 1.65. The van der Waals surface area contributed by atoms with Crippen LogP contribution in [-0.4, -0.2) is 13.3 Å². The summed E-state index contributed by atoms with van der Waals surface area (Å²) in [6.07, 6.45) is 0. The molecule has 0 aliphatic carbocycles. The molecule has 112 valence electrons. The van der Waals surface area contributed by atoms with Crippen LogP contribution in [0.25, 0.3) is 0 Å². The Morgan fingerprint density at radius 3 is 2.48 bits per heavy atom. The van der Waals surface area contributed by atoms with E-state index >= 15 is 0 Å². The number of thiophene rings is 1. The first kappa shape index (κ1) is 15.9. The van der Waals surface area contributed by atoms with Crippen LogP contribution < -0.4 is 4.72 Å². The van der Waals surface area contributed by atoms with Crippen LogP contribution in [0.2, 0.25) is 0 Å². The van der Waals surface area contributed by atoms with Gasteiger partial charge in [0.2, 0.25) is 0 Å². The van der Waals surface area contributed by atoms with E-state index in [4.69, 9.17) is 0 Å². The van der Waals surface area contributed by atoms with Crippen LogP contribution in [0.3, 0.4) is 0 Å². The molecule has 0 aliphatic heterocycles. The Hall–Kier alpha value is -1.45. The highest BCUT2D eigenvalue weighted by molar-refractivity contribution is 9.11. The van der Waals surface area contributed by atoms with Crippen LogP contribution >= 0.6 is 27.3 Å². The van der Waals surface area contributed by atoms with Gasteiger partial charge in [-0.15, -0.1) is 11.3 Å². The Labute approximate surface area is 134 Å². The number of aryl methyl sites for hydroxylation is 2. The van der Waals surface area contributed by atoms with E-state index < -0.39 is 14.9 Å². The number of sulfonamides is 1. The van der Waals surface area contributed by atoms with E-state index in [1.165, 1.54) is 18.2 Å². The van der Waals surface area contributed by atoms with Gasteiger partial charge in [0.25, 0.3) is 15.7 Å². The fourth-order valence-corrected chi connectivity index (χ4v) is 4.94. The Balaban J connectivity index is 2.45. The monoisotopic (exact) mass is 390 g/mol. The van der Waals surface area contributed by atoms with E-state index in [1.807, 2.05) is 0 Å². The lowest BCUT2D eigenvalue weighted by atomic mass is 10.2. The molecule has 1 heterocycles. The molecule has 0 amide bonds. The summed E-state index contributed by atoms with van der Waals surface area (Å²) in [7, 11) is -3.85. The molecule has 0 aliphatic rings. The van der Waals surface area contributed by atoms with Crippen molar-refractivity contribution < 1.29 is 13.3 Å². The molecule has 1 N–H and O–H groups in total. The van der Waals surface area contributed by atoms with E-state index in [2.05, 4.69) is 20.7 Å². The number of nitrogens with zero attached hydrogens (tertiary/aromatic N) is 1. The first-order chi connectivity index (χ1) is 9.70. The van der Waals surface area contributed by atoms with Gasteiger partial charge in [0.15, 0.2) is 0 Å². The average Bonchev–Trinajstić information content (AvgIpc) is 2.69. The van der Waals surface area contributed by atoms with Crippen LogP contribution in [-0.2, 0) is 10.0 Å². The lowest BCUT2D eigenvalue weighted by Crippen LogP contribution is -2.13. The van der Waals surface area contributed by atoms with Gasteiger partial charge in [0, 0.05) is 6.07 Å². The van der Waals surface area contributed by atoms with Crippen molar-refractivity contribution in [1.82, 2.24) is 0 Å². The van der Waals surface area contributed by atoms with Crippen molar-refractivity contribution in [3.8, 4) is 0 Å². The summed E-state index contributed by atoms with van der Waals surface area (Å²) in [6.45, 7) is 3.50. The minimum atomic E-state index is -3.85. The summed E-state index contributed by atoms with van der Waals surface area (Å²) in [5.74, 6) is 0. The van der Waals surface area contributed by atoms with E-state index in [0.29, 0.717) is 3.79 Å². The van der Waals surface area contributed by atoms with Crippen molar-refractivity contribution in [2.45, 2.75) is 18.1 Å². The van der Waals surface area contributed by atoms with E-state index in [-0.39, 0.29) is 15.6 Å². The molecule has 0 atom stereocenters. The number of hydrogen-bond donors (Lipinski definition) is 1. The summed E-state index contributed by atoms with van der Waals surface area (Å²) >= 11 is 4.32. The zero-order valence-electron chi connectivity index (χ0n) is 11.1. The van der Waals surface area contributed by atoms with Crippen molar-refractivity contribution in [3.63, 3.8) is 0 Å². The standard InChI is InChI=1S/C12H11BrN2O4S2/c1-7-3-4-10(15(16)17)9(5-7)14-21(18,19)11-6-8(2)12(13)20-11/h3-6,14H,1-2H3. The van der Waals surface area contributed by atoms with Gasteiger partial charge in [0.05, 0.1) is 8.71 Å². The Bertz CT molecular complexity index is 795. The van der Waals surface area contributed by atoms with Gasteiger partial charge in [0.1, 0.15) is 9.90 Å². The van der Waals surface area contributed by atoms with Crippen LogP contribution in [0.1, 0.15) is 11.1 Å². The number of nitro groups is 1. The largest absolute Gasteiger partial charge is 0.293 e. The van der Waals surface area contributed by atoms with Gasteiger partial charge in [-0.2, -0.15) is 0 Å². The molecule has 0 bridgehead atoms. The molecule has 0 unspecified atom stereocenters. The van der Waals surface area contributed by atoms with Crippen LogP contribution in [0.5, 0.6) is 0 Å². The van der Waals surface area contributed by atoms with Crippen molar-refractivity contribution >= 4 is 48.7 Å². The fraction of sp³-hybridized carbons (Fsp3) is 0.167. The zero-order valence-corrected chi connectivity index (χ0v) is 14.3. The van der Waals surface area contributed by atoms with Gasteiger partial charge in [-0.1, -0.05) is 6.07 Å². The number of rotatable bonds is 4. The molecule has 9 heteroatoms. The molecule has 0 fully saturated rings. The highest BCUT2D eigenvalue weighted by Crippen LogP contribution is 2.33. The summed E-state index contributed by atoms with van der Waals surface area (Å²) in [6, 6.07) is 5.79. The zero-order chi connectivity index (χ0) is 15.8. The first-order valence-corrected chi connectivity index (χ1v) is 8.84. The third-order valence-electron chi connectivity index (χ3n) is 2.69. The quantitative estimate of drug-likeness (QED) is 0.634. The summed E-state index contributed by atoms with van der Waals surface area (Å²) in [4.78, 5) is 10.4. The summed E-state index contributed by atoms with van der Waals surface area (Å²) < 4.78 is 27.7. The van der Waals surface area contributed by atoms with Crippen molar-refractivity contribution in [2.75, 3.05) is 4.72 Å². The third kappa shape index (κ3) is 3.42. The number of anilines is 1. The minimum absolute atomic E-state index is 0.0397. The smallest absolute Gasteiger partial charge is 0.272 e. The molecule has 1 aromatic carbocycles. The number of nitro benzene ring substituents is 1. The lowest BCUT2D eigenvalue weighted by Gasteiger charge is -2.07. The second-order valence-corrected chi connectivity index (χ2v) is 8.68. The molecule has 0 spiro atoms. The van der Waals surface area contributed by atoms with Gasteiger partial charge in [-0.25, -0.2) is 8.42 Å². The first-order valence-electron chi connectivity index (χ1n) is 5.74. The maximum Gasteiger partial charge on any atom is 0.293 e. The number of hydrogen-bond acceptors (Lipinski definition) is 5. The van der Waals surface area contributed by atoms with Crippen LogP contribution in [0.15, 0.2) is 32.3 Å². The number of benzene rings is 1. The van der Waals surface area contributed by atoms with Crippen LogP contribution in [0, 0.1) is 24.0 Å². The van der Waals surface area contributed by atoms with Crippen LogP contribution in [0.4, 0.5) is 11.4 Å². The maximum absolute atomic E-state index is 12.3. The maximum atomic E-state index is 12.3. The molecule has 21 heavy (non-hydrogen) atoms. The van der Waals surface area contributed by atoms with Gasteiger partial charge in [-0.3, -0.25) is 14.8 Å². The number of halogens is 1. The Morgan fingerprint density at radius 2 is 1.95 bits per heavy atom. The predicted octanol–water partition coefficient (Wildman–Crippen LogP) is 3.84.